The predicted molar refractivity (Wildman–Crippen MR) is 82.3 cm³/mol. The van der Waals surface area contributed by atoms with E-state index in [9.17, 15) is 4.21 Å². The third-order valence-electron chi connectivity index (χ3n) is 2.67. The number of aromatic nitrogens is 2. The summed E-state index contributed by atoms with van der Waals surface area (Å²) in [7, 11) is -0.817. The van der Waals surface area contributed by atoms with Gasteiger partial charge >= 0.3 is 0 Å². The van der Waals surface area contributed by atoms with Crippen molar-refractivity contribution in [3.05, 3.63) is 11.9 Å². The minimum absolute atomic E-state index is 0.118. The summed E-state index contributed by atoms with van der Waals surface area (Å²) in [6.07, 6.45) is 3.27. The van der Waals surface area contributed by atoms with Crippen LogP contribution in [0.1, 0.15) is 39.2 Å². The molecule has 0 bridgehead atoms. The molecule has 6 heteroatoms. The second-order valence-electron chi connectivity index (χ2n) is 4.95. The zero-order valence-electron chi connectivity index (χ0n) is 12.4. The van der Waals surface area contributed by atoms with Gasteiger partial charge in [-0.2, -0.15) is 0 Å². The number of nitrogens with zero attached hydrogens (tertiary/aromatic N) is 2. The summed E-state index contributed by atoms with van der Waals surface area (Å²) in [4.78, 5) is 8.63. The average Bonchev–Trinajstić information content (AvgIpc) is 2.27. The lowest BCUT2D eigenvalue weighted by molar-refractivity contribution is 0.682. The molecular weight excluding hydrogens is 260 g/mol. The van der Waals surface area contributed by atoms with Gasteiger partial charge in [-0.3, -0.25) is 4.21 Å². The normalized spacial score (nSPS) is 14.2. The number of hydrogen-bond acceptors (Lipinski definition) is 5. The quantitative estimate of drug-likeness (QED) is 0.803. The molecule has 1 heterocycles. The minimum Gasteiger partial charge on any atom is -0.370 e. The Morgan fingerprint density at radius 3 is 2.42 bits per heavy atom. The van der Waals surface area contributed by atoms with Crippen LogP contribution in [0.5, 0.6) is 0 Å². The van der Waals surface area contributed by atoms with E-state index >= 15 is 0 Å². The summed E-state index contributed by atoms with van der Waals surface area (Å²) in [6, 6.07) is 0.118. The molecule has 2 unspecified atom stereocenters. The van der Waals surface area contributed by atoms with Crippen LogP contribution in [-0.4, -0.2) is 38.8 Å². The van der Waals surface area contributed by atoms with Crippen molar-refractivity contribution in [2.45, 2.75) is 39.7 Å². The molecule has 0 aliphatic rings. The molecule has 0 aliphatic carbocycles. The monoisotopic (exact) mass is 284 g/mol. The molecule has 0 aliphatic heterocycles. The van der Waals surface area contributed by atoms with Crippen molar-refractivity contribution in [1.29, 1.82) is 0 Å². The lowest BCUT2D eigenvalue weighted by Gasteiger charge is -2.20. The van der Waals surface area contributed by atoms with E-state index < -0.39 is 10.8 Å². The summed E-state index contributed by atoms with van der Waals surface area (Å²) < 4.78 is 11.3. The first-order valence-electron chi connectivity index (χ1n) is 6.61. The Morgan fingerprint density at radius 1 is 1.26 bits per heavy atom. The molecule has 0 amide bonds. The van der Waals surface area contributed by atoms with Crippen LogP contribution < -0.4 is 10.6 Å². The van der Waals surface area contributed by atoms with Gasteiger partial charge in [-0.05, 0) is 19.8 Å². The summed E-state index contributed by atoms with van der Waals surface area (Å²) in [5.41, 5.74) is 1.08. The molecule has 0 saturated carbocycles. The fraction of sp³-hybridized carbons (Fsp3) is 0.692. The maximum absolute atomic E-state index is 11.3. The maximum Gasteiger partial charge on any atom is 0.135 e. The van der Waals surface area contributed by atoms with Crippen LogP contribution in [0.4, 0.5) is 11.6 Å². The zero-order valence-corrected chi connectivity index (χ0v) is 13.2. The van der Waals surface area contributed by atoms with Crippen LogP contribution in [0, 0.1) is 0 Å². The topological polar surface area (TPSA) is 66.9 Å². The highest BCUT2D eigenvalue weighted by Gasteiger charge is 2.16. The molecule has 1 aromatic heterocycles. The Labute approximate surface area is 118 Å². The predicted octanol–water partition coefficient (Wildman–Crippen LogP) is 2.21. The molecular formula is C13H24N4OS. The van der Waals surface area contributed by atoms with E-state index in [2.05, 4.69) is 34.4 Å². The lowest BCUT2D eigenvalue weighted by Crippen LogP contribution is -2.24. The Morgan fingerprint density at radius 2 is 1.89 bits per heavy atom. The summed E-state index contributed by atoms with van der Waals surface area (Å²) in [5, 5.41) is 6.60. The minimum atomic E-state index is -0.817. The van der Waals surface area contributed by atoms with Crippen LogP contribution in [0.25, 0.3) is 0 Å². The van der Waals surface area contributed by atoms with Crippen LogP contribution in [0.15, 0.2) is 6.33 Å². The first-order chi connectivity index (χ1) is 8.95. The Hall–Kier alpha value is -1.17. The SMILES string of the molecule is CCNc1ncnc(NC(C)CS(C)=O)c1C(C)C. The zero-order chi connectivity index (χ0) is 14.4. The van der Waals surface area contributed by atoms with Gasteiger partial charge in [0.2, 0.25) is 0 Å². The van der Waals surface area contributed by atoms with E-state index in [0.717, 1.165) is 23.7 Å². The molecule has 0 fully saturated rings. The summed E-state index contributed by atoms with van der Waals surface area (Å²) in [6.45, 7) is 9.12. The van der Waals surface area contributed by atoms with Crippen molar-refractivity contribution in [1.82, 2.24) is 9.97 Å². The number of anilines is 2. The van der Waals surface area contributed by atoms with E-state index in [0.29, 0.717) is 11.7 Å². The molecule has 0 spiro atoms. The smallest absolute Gasteiger partial charge is 0.135 e. The van der Waals surface area contributed by atoms with Crippen molar-refractivity contribution >= 4 is 22.4 Å². The molecule has 0 aromatic carbocycles. The second-order valence-corrected chi connectivity index (χ2v) is 6.43. The molecule has 5 nitrogen and oxygen atoms in total. The summed E-state index contributed by atoms with van der Waals surface area (Å²) >= 11 is 0. The molecule has 1 rings (SSSR count). The Kier molecular flexibility index (Phi) is 6.21. The second kappa shape index (κ2) is 7.43. The fourth-order valence-electron chi connectivity index (χ4n) is 1.99. The third-order valence-corrected chi connectivity index (χ3v) is 3.64. The van der Waals surface area contributed by atoms with Gasteiger partial charge in [0.1, 0.15) is 18.0 Å². The third kappa shape index (κ3) is 4.78. The van der Waals surface area contributed by atoms with E-state index in [4.69, 9.17) is 0 Å². The highest BCUT2D eigenvalue weighted by Crippen LogP contribution is 2.28. The van der Waals surface area contributed by atoms with E-state index in [1.54, 1.807) is 12.6 Å². The van der Waals surface area contributed by atoms with Gasteiger partial charge in [-0.25, -0.2) is 9.97 Å². The maximum atomic E-state index is 11.3. The lowest BCUT2D eigenvalue weighted by atomic mass is 10.0. The molecule has 0 radical (unpaired) electrons. The summed E-state index contributed by atoms with van der Waals surface area (Å²) in [5.74, 6) is 2.63. The van der Waals surface area contributed by atoms with Crippen molar-refractivity contribution in [3.8, 4) is 0 Å². The average molecular weight is 284 g/mol. The molecule has 2 N–H and O–H groups in total. The highest BCUT2D eigenvalue weighted by atomic mass is 32.2. The van der Waals surface area contributed by atoms with Gasteiger partial charge in [0.15, 0.2) is 0 Å². The van der Waals surface area contributed by atoms with Gasteiger partial charge in [-0.1, -0.05) is 13.8 Å². The van der Waals surface area contributed by atoms with Crippen LogP contribution >= 0.6 is 0 Å². The Balaban J connectivity index is 2.99. The number of nitrogens with one attached hydrogen (secondary N) is 2. The molecule has 19 heavy (non-hydrogen) atoms. The number of hydrogen-bond donors (Lipinski definition) is 2. The van der Waals surface area contributed by atoms with Gasteiger partial charge in [0, 0.05) is 41.0 Å². The van der Waals surface area contributed by atoms with Crippen LogP contribution in [-0.2, 0) is 10.8 Å². The Bertz CT molecular complexity index is 437. The first-order valence-corrected chi connectivity index (χ1v) is 8.33. The van der Waals surface area contributed by atoms with E-state index in [1.165, 1.54) is 0 Å². The van der Waals surface area contributed by atoms with Crippen molar-refractivity contribution in [2.75, 3.05) is 29.2 Å². The van der Waals surface area contributed by atoms with Gasteiger partial charge in [0.05, 0.1) is 0 Å². The van der Waals surface area contributed by atoms with Crippen molar-refractivity contribution in [3.63, 3.8) is 0 Å². The highest BCUT2D eigenvalue weighted by molar-refractivity contribution is 7.84. The van der Waals surface area contributed by atoms with Crippen molar-refractivity contribution in [2.24, 2.45) is 0 Å². The van der Waals surface area contributed by atoms with E-state index in [1.807, 2.05) is 13.8 Å². The van der Waals surface area contributed by atoms with Crippen molar-refractivity contribution < 1.29 is 4.21 Å². The molecule has 108 valence electrons. The fourth-order valence-corrected chi connectivity index (χ4v) is 2.78. The first kappa shape index (κ1) is 15.9. The molecule has 0 saturated heterocycles. The number of rotatable bonds is 7. The van der Waals surface area contributed by atoms with Gasteiger partial charge < -0.3 is 10.6 Å². The van der Waals surface area contributed by atoms with E-state index in [-0.39, 0.29) is 6.04 Å². The van der Waals surface area contributed by atoms with Gasteiger partial charge in [-0.15, -0.1) is 0 Å². The molecule has 1 aromatic rings. The largest absolute Gasteiger partial charge is 0.370 e. The standard InChI is InChI=1S/C13H24N4OS/c1-6-14-12-11(9(2)3)13(16-8-15-12)17-10(4)7-19(5)18/h8-10H,6-7H2,1-5H3,(H2,14,15,16,17). The van der Waals surface area contributed by atoms with Crippen LogP contribution in [0.2, 0.25) is 0 Å². The molecule has 2 atom stereocenters. The van der Waals surface area contributed by atoms with Crippen LogP contribution in [0.3, 0.4) is 0 Å². The van der Waals surface area contributed by atoms with Gasteiger partial charge in [0.25, 0.3) is 0 Å².